The lowest BCUT2D eigenvalue weighted by Crippen LogP contribution is -2.29. The average Bonchev–Trinajstić information content (AvgIpc) is 3.15. The van der Waals surface area contributed by atoms with Crippen LogP contribution in [0.3, 0.4) is 0 Å². The van der Waals surface area contributed by atoms with Crippen molar-refractivity contribution in [2.45, 2.75) is 18.7 Å². The summed E-state index contributed by atoms with van der Waals surface area (Å²) in [6.07, 6.45) is 0. The first-order chi connectivity index (χ1) is 15.6. The number of benzene rings is 2. The van der Waals surface area contributed by atoms with Crippen molar-refractivity contribution in [3.63, 3.8) is 0 Å². The molecule has 0 saturated carbocycles. The minimum atomic E-state index is -0.109. The molecule has 0 radical (unpaired) electrons. The predicted molar refractivity (Wildman–Crippen MR) is 124 cm³/mol. The summed E-state index contributed by atoms with van der Waals surface area (Å²) in [5, 5.41) is 12.2. The van der Waals surface area contributed by atoms with Crippen molar-refractivity contribution in [3.05, 3.63) is 59.4 Å². The van der Waals surface area contributed by atoms with Crippen LogP contribution < -0.4 is 19.5 Å². The number of carbonyl (C=O) groups excluding carboxylic acids is 1. The quantitative estimate of drug-likeness (QED) is 0.315. The summed E-state index contributed by atoms with van der Waals surface area (Å²) in [5.41, 5.74) is 0. The fraction of sp³-hybridized carbons (Fsp3) is 0.318. The third-order valence-corrected chi connectivity index (χ3v) is 5.61. The van der Waals surface area contributed by atoms with Crippen LogP contribution in [0.4, 0.5) is 0 Å². The fourth-order valence-electron chi connectivity index (χ4n) is 2.64. The van der Waals surface area contributed by atoms with Crippen molar-refractivity contribution in [3.8, 4) is 17.2 Å². The normalized spacial score (nSPS) is 10.6. The number of nitrogens with zero attached hydrogens (tertiary/aromatic N) is 3. The first-order valence-corrected chi connectivity index (χ1v) is 11.4. The molecule has 0 atom stereocenters. The number of halogens is 1. The standard InChI is InChI=1S/C22H25ClN4O4S/c1-3-29-16-8-10-17(11-9-16)30-13-12-24-21(28)15-32-22-26-25-20(27(22)2)14-31-19-7-5-4-6-18(19)23/h4-11H,3,12-15H2,1-2H3,(H,24,28). The minimum Gasteiger partial charge on any atom is -0.494 e. The van der Waals surface area contributed by atoms with E-state index in [0.29, 0.717) is 41.5 Å². The van der Waals surface area contributed by atoms with Crippen LogP contribution in [-0.4, -0.2) is 46.2 Å². The molecule has 1 heterocycles. The Morgan fingerprint density at radius 1 is 1.06 bits per heavy atom. The highest BCUT2D eigenvalue weighted by molar-refractivity contribution is 7.99. The highest BCUT2D eigenvalue weighted by Gasteiger charge is 2.12. The van der Waals surface area contributed by atoms with Gasteiger partial charge < -0.3 is 24.1 Å². The molecule has 0 saturated heterocycles. The van der Waals surface area contributed by atoms with Gasteiger partial charge in [-0.25, -0.2) is 0 Å². The van der Waals surface area contributed by atoms with E-state index in [1.165, 1.54) is 11.8 Å². The molecule has 0 bridgehead atoms. The Morgan fingerprint density at radius 3 is 2.50 bits per heavy atom. The third kappa shape index (κ3) is 7.06. The zero-order valence-corrected chi connectivity index (χ0v) is 19.5. The smallest absolute Gasteiger partial charge is 0.230 e. The molecule has 0 unspecified atom stereocenters. The summed E-state index contributed by atoms with van der Waals surface area (Å²) in [6.45, 7) is 3.56. The van der Waals surface area contributed by atoms with E-state index in [1.807, 2.05) is 50.4 Å². The molecule has 3 rings (SSSR count). The number of hydrogen-bond acceptors (Lipinski definition) is 7. The number of carbonyl (C=O) groups is 1. The first-order valence-electron chi connectivity index (χ1n) is 10.1. The zero-order chi connectivity index (χ0) is 22.8. The Hall–Kier alpha value is -2.91. The van der Waals surface area contributed by atoms with E-state index in [1.54, 1.807) is 16.7 Å². The lowest BCUT2D eigenvalue weighted by molar-refractivity contribution is -0.118. The third-order valence-electron chi connectivity index (χ3n) is 4.28. The van der Waals surface area contributed by atoms with Crippen LogP contribution in [0, 0.1) is 0 Å². The van der Waals surface area contributed by atoms with Crippen molar-refractivity contribution in [1.29, 1.82) is 0 Å². The first kappa shape index (κ1) is 23.7. The maximum absolute atomic E-state index is 12.1. The van der Waals surface area contributed by atoms with E-state index >= 15 is 0 Å². The van der Waals surface area contributed by atoms with Crippen molar-refractivity contribution < 1.29 is 19.0 Å². The largest absolute Gasteiger partial charge is 0.494 e. The maximum atomic E-state index is 12.1. The summed E-state index contributed by atoms with van der Waals surface area (Å²) >= 11 is 7.40. The van der Waals surface area contributed by atoms with Crippen LogP contribution in [0.5, 0.6) is 17.2 Å². The lowest BCUT2D eigenvalue weighted by atomic mass is 10.3. The van der Waals surface area contributed by atoms with Crippen LogP contribution in [0.15, 0.2) is 53.7 Å². The molecule has 8 nitrogen and oxygen atoms in total. The van der Waals surface area contributed by atoms with Crippen LogP contribution in [0.1, 0.15) is 12.7 Å². The number of nitrogens with one attached hydrogen (secondary N) is 1. The van der Waals surface area contributed by atoms with Crippen molar-refractivity contribution in [1.82, 2.24) is 20.1 Å². The minimum absolute atomic E-state index is 0.109. The number of aromatic nitrogens is 3. The van der Waals surface area contributed by atoms with Gasteiger partial charge in [-0.15, -0.1) is 10.2 Å². The van der Waals surface area contributed by atoms with Gasteiger partial charge in [-0.3, -0.25) is 4.79 Å². The van der Waals surface area contributed by atoms with Gasteiger partial charge in [-0.05, 0) is 43.3 Å². The highest BCUT2D eigenvalue weighted by atomic mass is 35.5. The number of thioether (sulfide) groups is 1. The molecule has 2 aromatic carbocycles. The molecular weight excluding hydrogens is 452 g/mol. The summed E-state index contributed by atoms with van der Waals surface area (Å²) in [5.74, 6) is 2.85. The fourth-order valence-corrected chi connectivity index (χ4v) is 3.59. The molecule has 0 aliphatic rings. The maximum Gasteiger partial charge on any atom is 0.230 e. The summed E-state index contributed by atoms with van der Waals surface area (Å²) in [7, 11) is 1.83. The van der Waals surface area contributed by atoms with E-state index in [0.717, 1.165) is 11.5 Å². The van der Waals surface area contributed by atoms with Gasteiger partial charge in [0.05, 0.1) is 23.9 Å². The molecule has 170 valence electrons. The van der Waals surface area contributed by atoms with Crippen molar-refractivity contribution in [2.75, 3.05) is 25.5 Å². The van der Waals surface area contributed by atoms with E-state index in [2.05, 4.69) is 15.5 Å². The molecule has 0 fully saturated rings. The second-order valence-corrected chi connectivity index (χ2v) is 7.92. The molecule has 3 aromatic rings. The number of para-hydroxylation sites is 1. The van der Waals surface area contributed by atoms with E-state index in [9.17, 15) is 4.79 Å². The van der Waals surface area contributed by atoms with Gasteiger partial charge in [0.15, 0.2) is 11.0 Å². The summed E-state index contributed by atoms with van der Waals surface area (Å²) in [6, 6.07) is 14.6. The molecule has 10 heteroatoms. The topological polar surface area (TPSA) is 87.5 Å². The monoisotopic (exact) mass is 476 g/mol. The molecule has 0 spiro atoms. The average molecular weight is 477 g/mol. The van der Waals surface area contributed by atoms with Gasteiger partial charge in [-0.1, -0.05) is 35.5 Å². The number of amides is 1. The molecule has 1 N–H and O–H groups in total. The Labute approximate surface area is 196 Å². The van der Waals surface area contributed by atoms with Gasteiger partial charge in [0.2, 0.25) is 5.91 Å². The molecule has 1 aromatic heterocycles. The molecular formula is C22H25ClN4O4S. The Bertz CT molecular complexity index is 1010. The Balaban J connectivity index is 1.36. The van der Waals surface area contributed by atoms with E-state index < -0.39 is 0 Å². The van der Waals surface area contributed by atoms with Crippen molar-refractivity contribution in [2.24, 2.45) is 7.05 Å². The SMILES string of the molecule is CCOc1ccc(OCCNC(=O)CSc2nnc(COc3ccccc3Cl)n2C)cc1. The van der Waals surface area contributed by atoms with Gasteiger partial charge in [0, 0.05) is 7.05 Å². The second-order valence-electron chi connectivity index (χ2n) is 6.57. The van der Waals surface area contributed by atoms with Gasteiger partial charge in [-0.2, -0.15) is 0 Å². The van der Waals surface area contributed by atoms with Gasteiger partial charge in [0.25, 0.3) is 0 Å². The van der Waals surface area contributed by atoms with Crippen molar-refractivity contribution >= 4 is 29.3 Å². The number of hydrogen-bond donors (Lipinski definition) is 1. The predicted octanol–water partition coefficient (Wildman–Crippen LogP) is 3.73. The van der Waals surface area contributed by atoms with Crippen LogP contribution in [0.25, 0.3) is 0 Å². The Morgan fingerprint density at radius 2 is 1.78 bits per heavy atom. The van der Waals surface area contributed by atoms with E-state index in [4.69, 9.17) is 25.8 Å². The highest BCUT2D eigenvalue weighted by Crippen LogP contribution is 2.24. The van der Waals surface area contributed by atoms with Crippen LogP contribution in [-0.2, 0) is 18.4 Å². The number of rotatable bonds is 12. The van der Waals surface area contributed by atoms with Gasteiger partial charge in [0.1, 0.15) is 30.5 Å². The molecule has 0 aliphatic carbocycles. The number of ether oxygens (including phenoxy) is 3. The van der Waals surface area contributed by atoms with Crippen LogP contribution in [0.2, 0.25) is 5.02 Å². The lowest BCUT2D eigenvalue weighted by Gasteiger charge is -2.09. The second kappa shape index (κ2) is 12.2. The van der Waals surface area contributed by atoms with Gasteiger partial charge >= 0.3 is 0 Å². The molecule has 1 amide bonds. The summed E-state index contributed by atoms with van der Waals surface area (Å²) in [4.78, 5) is 12.1. The summed E-state index contributed by atoms with van der Waals surface area (Å²) < 4.78 is 18.5. The molecule has 0 aliphatic heterocycles. The zero-order valence-electron chi connectivity index (χ0n) is 17.9. The van der Waals surface area contributed by atoms with E-state index in [-0.39, 0.29) is 18.3 Å². The van der Waals surface area contributed by atoms with Crippen LogP contribution >= 0.6 is 23.4 Å². The Kier molecular flexibility index (Phi) is 9.06. The molecule has 32 heavy (non-hydrogen) atoms.